The first-order chi connectivity index (χ1) is 5.33. The van der Waals surface area contributed by atoms with Crippen LogP contribution in [0.3, 0.4) is 0 Å². The van der Waals surface area contributed by atoms with Crippen LogP contribution in [0.25, 0.3) is 10.4 Å². The summed E-state index contributed by atoms with van der Waals surface area (Å²) in [4.78, 5) is 2.71. The summed E-state index contributed by atoms with van der Waals surface area (Å²) in [5, 5.41) is 3.51. The van der Waals surface area contributed by atoms with E-state index in [0.717, 1.165) is 12.0 Å². The lowest BCUT2D eigenvalue weighted by atomic mass is 10.2. The summed E-state index contributed by atoms with van der Waals surface area (Å²) in [7, 11) is 0. The maximum Gasteiger partial charge on any atom is 0.0374 e. The molecule has 1 rings (SSSR count). The van der Waals surface area contributed by atoms with Gasteiger partial charge in [0.05, 0.1) is 0 Å². The van der Waals surface area contributed by atoms with Gasteiger partial charge in [0.2, 0.25) is 0 Å². The van der Waals surface area contributed by atoms with Crippen LogP contribution in [-0.4, -0.2) is 0 Å². The third-order valence-electron chi connectivity index (χ3n) is 1.40. The molecule has 0 radical (unpaired) electrons. The number of hydrogen-bond acceptors (Lipinski definition) is 1. The monoisotopic (exact) mass is 147 g/mol. The van der Waals surface area contributed by atoms with Crippen molar-refractivity contribution in [1.29, 1.82) is 0 Å². The SMILES string of the molecule is CC1=CCC=CC(N=[N+]=[N-])=C1. The van der Waals surface area contributed by atoms with Crippen molar-refractivity contribution < 1.29 is 0 Å². The molecule has 0 bridgehead atoms. The minimum atomic E-state index is 0.679. The molecule has 0 N–H and O–H groups in total. The molecule has 3 heteroatoms. The fraction of sp³-hybridized carbons (Fsp3) is 0.250. The fourth-order valence-electron chi connectivity index (χ4n) is 0.897. The molecule has 0 saturated heterocycles. The lowest BCUT2D eigenvalue weighted by Crippen LogP contribution is -1.69. The van der Waals surface area contributed by atoms with Crippen LogP contribution in [-0.2, 0) is 0 Å². The summed E-state index contributed by atoms with van der Waals surface area (Å²) in [5.74, 6) is 0. The average molecular weight is 147 g/mol. The lowest BCUT2D eigenvalue weighted by Gasteiger charge is -1.88. The molecule has 0 heterocycles. The summed E-state index contributed by atoms with van der Waals surface area (Å²) in [6.07, 6.45) is 8.65. The van der Waals surface area contributed by atoms with Crippen LogP contribution in [0, 0.1) is 0 Å². The van der Waals surface area contributed by atoms with Gasteiger partial charge in [-0.1, -0.05) is 35.0 Å². The second kappa shape index (κ2) is 3.64. The van der Waals surface area contributed by atoms with Crippen molar-refractivity contribution in [1.82, 2.24) is 0 Å². The Bertz CT molecular complexity index is 278. The number of rotatable bonds is 1. The molecule has 0 spiro atoms. The van der Waals surface area contributed by atoms with Crippen LogP contribution in [0.1, 0.15) is 13.3 Å². The molecular formula is C8H9N3. The van der Waals surface area contributed by atoms with E-state index in [1.807, 2.05) is 25.2 Å². The van der Waals surface area contributed by atoms with Crippen molar-refractivity contribution in [2.24, 2.45) is 5.11 Å². The fourth-order valence-corrected chi connectivity index (χ4v) is 0.897. The van der Waals surface area contributed by atoms with Gasteiger partial charge in [-0.05, 0) is 18.9 Å². The minimum Gasteiger partial charge on any atom is -0.0803 e. The summed E-state index contributed by atoms with van der Waals surface area (Å²) >= 11 is 0. The van der Waals surface area contributed by atoms with Gasteiger partial charge in [-0.2, -0.15) is 0 Å². The normalized spacial score (nSPS) is 16.1. The molecule has 0 saturated carbocycles. The highest BCUT2D eigenvalue weighted by Crippen LogP contribution is 2.11. The Morgan fingerprint density at radius 1 is 1.64 bits per heavy atom. The van der Waals surface area contributed by atoms with E-state index in [4.69, 9.17) is 5.53 Å². The predicted molar refractivity (Wildman–Crippen MR) is 44.7 cm³/mol. The lowest BCUT2D eigenvalue weighted by molar-refractivity contribution is 1.34. The van der Waals surface area contributed by atoms with E-state index in [-0.39, 0.29) is 0 Å². The smallest absolute Gasteiger partial charge is 0.0374 e. The Hall–Kier alpha value is -1.47. The molecule has 56 valence electrons. The highest BCUT2D eigenvalue weighted by Gasteiger charge is 1.91. The van der Waals surface area contributed by atoms with Gasteiger partial charge in [0.1, 0.15) is 0 Å². The second-order valence-electron chi connectivity index (χ2n) is 2.34. The molecule has 0 aromatic heterocycles. The van der Waals surface area contributed by atoms with E-state index < -0.39 is 0 Å². The Labute approximate surface area is 65.4 Å². The topological polar surface area (TPSA) is 48.8 Å². The van der Waals surface area contributed by atoms with Crippen LogP contribution in [0.2, 0.25) is 0 Å². The molecule has 0 atom stereocenters. The zero-order valence-electron chi connectivity index (χ0n) is 6.36. The van der Waals surface area contributed by atoms with E-state index in [2.05, 4.69) is 16.1 Å². The Morgan fingerprint density at radius 3 is 3.18 bits per heavy atom. The quantitative estimate of drug-likeness (QED) is 0.311. The predicted octanol–water partition coefficient (Wildman–Crippen LogP) is 3.09. The van der Waals surface area contributed by atoms with Gasteiger partial charge >= 0.3 is 0 Å². The number of hydrogen-bond donors (Lipinski definition) is 0. The van der Waals surface area contributed by atoms with Gasteiger partial charge in [0.25, 0.3) is 0 Å². The molecular weight excluding hydrogens is 138 g/mol. The molecule has 1 aliphatic rings. The number of nitrogens with zero attached hydrogens (tertiary/aromatic N) is 3. The zero-order valence-corrected chi connectivity index (χ0v) is 6.36. The highest BCUT2D eigenvalue weighted by atomic mass is 15.1. The van der Waals surface area contributed by atoms with Crippen LogP contribution in [0.4, 0.5) is 0 Å². The van der Waals surface area contributed by atoms with E-state index in [9.17, 15) is 0 Å². The summed E-state index contributed by atoms with van der Waals surface area (Å²) in [5.41, 5.74) is 9.98. The standard InChI is InChI=1S/C8H9N3/c1-7-4-2-3-5-8(6-7)10-11-9/h3-6H,2H2,1H3. The molecule has 0 aliphatic heterocycles. The van der Waals surface area contributed by atoms with E-state index in [0.29, 0.717) is 5.70 Å². The largest absolute Gasteiger partial charge is 0.0803 e. The molecule has 0 aromatic rings. The van der Waals surface area contributed by atoms with Gasteiger partial charge in [-0.25, -0.2) is 0 Å². The zero-order chi connectivity index (χ0) is 8.10. The van der Waals surface area contributed by atoms with Crippen molar-refractivity contribution in [2.75, 3.05) is 0 Å². The van der Waals surface area contributed by atoms with Crippen LogP contribution < -0.4 is 0 Å². The van der Waals surface area contributed by atoms with Crippen molar-refractivity contribution >= 4 is 0 Å². The maximum atomic E-state index is 8.16. The van der Waals surface area contributed by atoms with Crippen LogP contribution in [0.15, 0.2) is 40.7 Å². The highest BCUT2D eigenvalue weighted by molar-refractivity contribution is 5.31. The van der Waals surface area contributed by atoms with E-state index >= 15 is 0 Å². The van der Waals surface area contributed by atoms with E-state index in [1.54, 1.807) is 0 Å². The minimum absolute atomic E-state index is 0.679. The van der Waals surface area contributed by atoms with Crippen molar-refractivity contribution in [2.45, 2.75) is 13.3 Å². The first kappa shape index (κ1) is 7.63. The van der Waals surface area contributed by atoms with Gasteiger partial charge in [-0.3, -0.25) is 0 Å². The maximum absolute atomic E-state index is 8.16. The van der Waals surface area contributed by atoms with Gasteiger partial charge in [-0.15, -0.1) is 0 Å². The molecule has 0 amide bonds. The molecule has 11 heavy (non-hydrogen) atoms. The van der Waals surface area contributed by atoms with Gasteiger partial charge < -0.3 is 0 Å². The van der Waals surface area contributed by atoms with Crippen LogP contribution in [0.5, 0.6) is 0 Å². The Balaban J connectivity index is 2.93. The molecule has 0 unspecified atom stereocenters. The number of allylic oxidation sites excluding steroid dienone is 5. The molecule has 0 aromatic carbocycles. The summed E-state index contributed by atoms with van der Waals surface area (Å²) in [6, 6.07) is 0. The van der Waals surface area contributed by atoms with Crippen molar-refractivity contribution in [3.05, 3.63) is 46.0 Å². The van der Waals surface area contributed by atoms with Crippen molar-refractivity contribution in [3.63, 3.8) is 0 Å². The van der Waals surface area contributed by atoms with Crippen molar-refractivity contribution in [3.8, 4) is 0 Å². The molecule has 3 nitrogen and oxygen atoms in total. The number of azide groups is 1. The average Bonchev–Trinajstić information content (AvgIpc) is 2.15. The molecule has 1 aliphatic carbocycles. The Kier molecular flexibility index (Phi) is 2.53. The third-order valence-corrected chi connectivity index (χ3v) is 1.40. The van der Waals surface area contributed by atoms with Gasteiger partial charge in [0, 0.05) is 10.6 Å². The third kappa shape index (κ3) is 2.32. The van der Waals surface area contributed by atoms with Crippen LogP contribution >= 0.6 is 0 Å². The first-order valence-corrected chi connectivity index (χ1v) is 3.43. The second-order valence-corrected chi connectivity index (χ2v) is 2.34. The summed E-state index contributed by atoms with van der Waals surface area (Å²) < 4.78 is 0. The van der Waals surface area contributed by atoms with E-state index in [1.165, 1.54) is 0 Å². The van der Waals surface area contributed by atoms with Gasteiger partial charge in [0.15, 0.2) is 0 Å². The Morgan fingerprint density at radius 2 is 2.45 bits per heavy atom. The molecule has 0 fully saturated rings. The first-order valence-electron chi connectivity index (χ1n) is 3.43. The summed E-state index contributed by atoms with van der Waals surface area (Å²) in [6.45, 7) is 1.99.